The summed E-state index contributed by atoms with van der Waals surface area (Å²) in [5.74, 6) is -2.00. The number of unbranched alkanes of at least 4 members (excludes halogenated alkanes) is 1. The molecule has 1 aromatic heterocycles. The van der Waals surface area contributed by atoms with Gasteiger partial charge in [0, 0.05) is 39.8 Å². The number of nitrogens with one attached hydrogen (secondary N) is 1. The third kappa shape index (κ3) is 7.41. The smallest absolute Gasteiger partial charge is 0.331 e. The molecule has 3 aromatic rings. The van der Waals surface area contributed by atoms with Crippen molar-refractivity contribution in [2.75, 3.05) is 11.9 Å². The molecule has 0 radical (unpaired) electrons. The van der Waals surface area contributed by atoms with E-state index in [1.54, 1.807) is 23.6 Å². The fourth-order valence-electron chi connectivity index (χ4n) is 3.73. The topological polar surface area (TPSA) is 88.5 Å². The number of carboxylic acids is 1. The zero-order valence-corrected chi connectivity index (χ0v) is 23.6. The molecule has 0 bridgehead atoms. The molecule has 6 nitrogen and oxygen atoms in total. The minimum absolute atomic E-state index is 0.0474. The van der Waals surface area contributed by atoms with E-state index in [4.69, 9.17) is 33.0 Å². The zero-order valence-electron chi connectivity index (χ0n) is 21.3. The van der Waals surface area contributed by atoms with Crippen LogP contribution in [0.25, 0.3) is 17.3 Å². The molecule has 1 amide bonds. The van der Waals surface area contributed by atoms with Crippen LogP contribution in [0.5, 0.6) is 0 Å². The van der Waals surface area contributed by atoms with Crippen LogP contribution in [0.1, 0.15) is 74.0 Å². The lowest BCUT2D eigenvalue weighted by Crippen LogP contribution is -2.12. The number of rotatable bonds is 12. The van der Waals surface area contributed by atoms with Gasteiger partial charge in [0.1, 0.15) is 5.82 Å². The van der Waals surface area contributed by atoms with Crippen LogP contribution >= 0.6 is 34.5 Å². The first-order valence-corrected chi connectivity index (χ1v) is 13.9. The number of carbonyl (C=O) groups excluding carboxylic acids is 1. The van der Waals surface area contributed by atoms with Gasteiger partial charge in [0.2, 0.25) is 0 Å². The summed E-state index contributed by atoms with van der Waals surface area (Å²) in [6, 6.07) is 7.98. The zero-order chi connectivity index (χ0) is 27.8. The molecule has 1 heterocycles. The Hall–Kier alpha value is -2.78. The number of aromatic nitrogens is 1. The fourth-order valence-corrected chi connectivity index (χ4v) is 5.03. The van der Waals surface area contributed by atoms with E-state index in [0.29, 0.717) is 29.0 Å². The Bertz CT molecular complexity index is 1310. The van der Waals surface area contributed by atoms with Crippen LogP contribution in [0.15, 0.2) is 41.3 Å². The number of carbonyl (C=O) groups is 2. The molecule has 3 rings (SSSR count). The van der Waals surface area contributed by atoms with Gasteiger partial charge in [0.15, 0.2) is 5.13 Å². The van der Waals surface area contributed by atoms with Crippen molar-refractivity contribution in [3.63, 3.8) is 0 Å². The van der Waals surface area contributed by atoms with Crippen LogP contribution in [-0.2, 0) is 9.53 Å². The normalized spacial score (nSPS) is 12.4. The molecule has 0 saturated heterocycles. The minimum atomic E-state index is -1.11. The Morgan fingerprint density at radius 3 is 2.55 bits per heavy atom. The number of benzene rings is 2. The van der Waals surface area contributed by atoms with Crippen molar-refractivity contribution in [1.29, 1.82) is 0 Å². The molecule has 0 fully saturated rings. The Labute approximate surface area is 235 Å². The molecule has 10 heteroatoms. The van der Waals surface area contributed by atoms with Crippen molar-refractivity contribution in [2.45, 2.75) is 52.6 Å². The summed E-state index contributed by atoms with van der Waals surface area (Å²) in [4.78, 5) is 28.4. The number of ether oxygens (including phenoxy) is 1. The van der Waals surface area contributed by atoms with E-state index < -0.39 is 11.9 Å². The first kappa shape index (κ1) is 29.8. The van der Waals surface area contributed by atoms with E-state index in [0.717, 1.165) is 37.0 Å². The standard InChI is InChI=1S/C28H29Cl2FN2O4S/c1-4-6-10-24(37-11-5-2)19-9-7-8-18(25(19)31)23-15-38-28(32-23)33-26(34)17-13-21(29)20(22(30)14-17)12-16(3)27(35)36/h7-9,12-15,24H,4-6,10-11H2,1-3H3,(H,35,36)(H,32,33,34)/b16-12+. The Kier molecular flexibility index (Phi) is 10.8. The summed E-state index contributed by atoms with van der Waals surface area (Å²) in [5.41, 5.74) is 1.75. The summed E-state index contributed by atoms with van der Waals surface area (Å²) in [7, 11) is 0. The highest BCUT2D eigenvalue weighted by atomic mass is 35.5. The predicted molar refractivity (Wildman–Crippen MR) is 152 cm³/mol. The van der Waals surface area contributed by atoms with Crippen molar-refractivity contribution in [1.82, 2.24) is 4.98 Å². The Morgan fingerprint density at radius 2 is 1.92 bits per heavy atom. The van der Waals surface area contributed by atoms with Crippen LogP contribution in [0.4, 0.5) is 9.52 Å². The first-order valence-electron chi connectivity index (χ1n) is 12.2. The summed E-state index contributed by atoms with van der Waals surface area (Å²) in [5, 5.41) is 14.0. The third-order valence-corrected chi connectivity index (χ3v) is 7.14. The van der Waals surface area contributed by atoms with Gasteiger partial charge in [0.25, 0.3) is 5.91 Å². The number of amides is 1. The average molecular weight is 580 g/mol. The van der Waals surface area contributed by atoms with Gasteiger partial charge in [-0.1, -0.05) is 62.0 Å². The van der Waals surface area contributed by atoms with Crippen LogP contribution < -0.4 is 5.32 Å². The second-order valence-corrected chi connectivity index (χ2v) is 10.4. The lowest BCUT2D eigenvalue weighted by Gasteiger charge is -2.19. The molecule has 38 heavy (non-hydrogen) atoms. The highest BCUT2D eigenvalue weighted by Gasteiger charge is 2.21. The van der Waals surface area contributed by atoms with Crippen molar-refractivity contribution >= 4 is 57.6 Å². The molecule has 0 spiro atoms. The number of carboxylic acid groups (broad SMARTS) is 1. The van der Waals surface area contributed by atoms with Gasteiger partial charge < -0.3 is 9.84 Å². The molecule has 202 valence electrons. The molecule has 1 unspecified atom stereocenters. The SMILES string of the molecule is CCCCC(OCCC)c1cccc(-c2csc(NC(=O)c3cc(Cl)c(/C=C(\C)C(=O)O)c(Cl)c3)n2)c1F. The summed E-state index contributed by atoms with van der Waals surface area (Å²) >= 11 is 13.7. The van der Waals surface area contributed by atoms with Crippen LogP contribution in [-0.4, -0.2) is 28.6 Å². The van der Waals surface area contributed by atoms with Crippen molar-refractivity contribution < 1.29 is 23.8 Å². The van der Waals surface area contributed by atoms with E-state index in [-0.39, 0.29) is 38.2 Å². The maximum Gasteiger partial charge on any atom is 0.331 e. The van der Waals surface area contributed by atoms with Gasteiger partial charge in [-0.3, -0.25) is 10.1 Å². The van der Waals surface area contributed by atoms with Gasteiger partial charge in [-0.2, -0.15) is 0 Å². The van der Waals surface area contributed by atoms with Crippen molar-refractivity contribution in [2.24, 2.45) is 0 Å². The van der Waals surface area contributed by atoms with Gasteiger partial charge in [0.05, 0.1) is 21.8 Å². The Balaban J connectivity index is 1.82. The highest BCUT2D eigenvalue weighted by molar-refractivity contribution is 7.14. The van der Waals surface area contributed by atoms with Gasteiger partial charge >= 0.3 is 5.97 Å². The molecule has 0 aliphatic carbocycles. The molecular formula is C28H29Cl2FN2O4S. The first-order chi connectivity index (χ1) is 18.2. The number of nitrogens with zero attached hydrogens (tertiary/aromatic N) is 1. The van der Waals surface area contributed by atoms with Gasteiger partial charge in [-0.15, -0.1) is 11.3 Å². The summed E-state index contributed by atoms with van der Waals surface area (Å²) in [6.45, 7) is 6.07. The number of hydrogen-bond acceptors (Lipinski definition) is 5. The van der Waals surface area contributed by atoms with Crippen LogP contribution in [0, 0.1) is 5.82 Å². The van der Waals surface area contributed by atoms with E-state index in [2.05, 4.69) is 17.2 Å². The molecule has 2 aromatic carbocycles. The molecule has 0 aliphatic heterocycles. The maximum atomic E-state index is 15.6. The number of thiazole rings is 1. The lowest BCUT2D eigenvalue weighted by atomic mass is 9.99. The summed E-state index contributed by atoms with van der Waals surface area (Å²) in [6.07, 6.45) is 4.49. The molecule has 0 saturated carbocycles. The van der Waals surface area contributed by atoms with Crippen LogP contribution in [0.3, 0.4) is 0 Å². The average Bonchev–Trinajstić information content (AvgIpc) is 3.34. The number of aliphatic carboxylic acids is 1. The van der Waals surface area contributed by atoms with Gasteiger partial charge in [-0.25, -0.2) is 14.2 Å². The van der Waals surface area contributed by atoms with E-state index in [1.807, 2.05) is 6.92 Å². The molecular weight excluding hydrogens is 550 g/mol. The summed E-state index contributed by atoms with van der Waals surface area (Å²) < 4.78 is 21.5. The molecule has 2 N–H and O–H groups in total. The predicted octanol–water partition coefficient (Wildman–Crippen LogP) is 8.65. The van der Waals surface area contributed by atoms with Crippen molar-refractivity contribution in [3.8, 4) is 11.3 Å². The number of halogens is 3. The molecule has 1 atom stereocenters. The van der Waals surface area contributed by atoms with E-state index >= 15 is 4.39 Å². The monoisotopic (exact) mass is 578 g/mol. The largest absolute Gasteiger partial charge is 0.478 e. The fraction of sp³-hybridized carbons (Fsp3) is 0.321. The van der Waals surface area contributed by atoms with E-state index in [1.165, 1.54) is 25.1 Å². The Morgan fingerprint density at radius 1 is 1.21 bits per heavy atom. The quantitative estimate of drug-likeness (QED) is 0.210. The highest BCUT2D eigenvalue weighted by Crippen LogP contribution is 2.34. The second-order valence-electron chi connectivity index (χ2n) is 8.69. The van der Waals surface area contributed by atoms with Crippen LogP contribution in [0.2, 0.25) is 10.0 Å². The van der Waals surface area contributed by atoms with Crippen molar-refractivity contribution in [3.05, 3.63) is 73.8 Å². The van der Waals surface area contributed by atoms with E-state index in [9.17, 15) is 9.59 Å². The second kappa shape index (κ2) is 13.8. The van der Waals surface area contributed by atoms with Gasteiger partial charge in [-0.05, 0) is 44.0 Å². The number of anilines is 1. The molecule has 0 aliphatic rings. The maximum absolute atomic E-state index is 15.6. The lowest BCUT2D eigenvalue weighted by molar-refractivity contribution is -0.132. The third-order valence-electron chi connectivity index (χ3n) is 5.76. The number of hydrogen-bond donors (Lipinski definition) is 2. The minimum Gasteiger partial charge on any atom is -0.478 e.